The topological polar surface area (TPSA) is 96.0 Å². The minimum Gasteiger partial charge on any atom is -0.497 e. The Balaban J connectivity index is 1.82. The first kappa shape index (κ1) is 33.6. The Morgan fingerprint density at radius 2 is 1.51 bits per heavy atom. The van der Waals surface area contributed by atoms with Crippen molar-refractivity contribution < 1.29 is 22.7 Å². The summed E-state index contributed by atoms with van der Waals surface area (Å²) in [5.74, 6) is -0.287. The molecule has 10 heteroatoms. The van der Waals surface area contributed by atoms with E-state index >= 15 is 0 Å². The molecule has 4 aromatic carbocycles. The second kappa shape index (κ2) is 15.1. The average Bonchev–Trinajstić information content (AvgIpc) is 3.02. The number of ether oxygens (including phenoxy) is 1. The fourth-order valence-corrected chi connectivity index (χ4v) is 6.60. The first-order chi connectivity index (χ1) is 21.5. The molecule has 0 bridgehead atoms. The van der Waals surface area contributed by atoms with Crippen LogP contribution in [0.25, 0.3) is 0 Å². The highest BCUT2D eigenvalue weighted by Crippen LogP contribution is 2.28. The average molecular weight is 648 g/mol. The molecule has 1 N–H and O–H groups in total. The van der Waals surface area contributed by atoms with E-state index in [1.54, 1.807) is 50.4 Å². The van der Waals surface area contributed by atoms with E-state index in [0.29, 0.717) is 22.0 Å². The van der Waals surface area contributed by atoms with Crippen molar-refractivity contribution >= 4 is 39.1 Å². The summed E-state index contributed by atoms with van der Waals surface area (Å²) in [6.45, 7) is 4.99. The number of nitrogens with zero attached hydrogens (tertiary/aromatic N) is 2. The summed E-state index contributed by atoms with van der Waals surface area (Å²) < 4.78 is 34.8. The Hall–Kier alpha value is -4.34. The SMILES string of the molecule is COc1cccc(CN(C(=O)CN(c2ccccc2C)S(=O)(=O)c2ccc(Cl)cc2)C(Cc2ccccc2)C(=O)NC(C)C)c1. The lowest BCUT2D eigenvalue weighted by Gasteiger charge is -2.34. The van der Waals surface area contributed by atoms with Crippen LogP contribution in [0, 0.1) is 6.92 Å². The summed E-state index contributed by atoms with van der Waals surface area (Å²) in [6.07, 6.45) is 0.226. The van der Waals surface area contributed by atoms with Crippen molar-refractivity contribution in [1.29, 1.82) is 0 Å². The van der Waals surface area contributed by atoms with Crippen LogP contribution in [0.5, 0.6) is 5.75 Å². The van der Waals surface area contributed by atoms with Crippen molar-refractivity contribution in [2.45, 2.75) is 50.7 Å². The molecule has 1 unspecified atom stereocenters. The molecule has 45 heavy (non-hydrogen) atoms. The number of para-hydroxylation sites is 1. The number of carbonyl (C=O) groups excluding carboxylic acids is 2. The second-order valence-corrected chi connectivity index (χ2v) is 13.3. The highest BCUT2D eigenvalue weighted by molar-refractivity contribution is 7.92. The zero-order chi connectivity index (χ0) is 32.6. The third-order valence-electron chi connectivity index (χ3n) is 7.25. The number of nitrogens with one attached hydrogen (secondary N) is 1. The van der Waals surface area contributed by atoms with E-state index in [1.165, 1.54) is 29.2 Å². The lowest BCUT2D eigenvalue weighted by atomic mass is 10.0. The van der Waals surface area contributed by atoms with E-state index in [4.69, 9.17) is 16.3 Å². The van der Waals surface area contributed by atoms with Crippen LogP contribution in [0.15, 0.2) is 108 Å². The summed E-state index contributed by atoms with van der Waals surface area (Å²) >= 11 is 6.06. The Labute approximate surface area is 270 Å². The lowest BCUT2D eigenvalue weighted by molar-refractivity contribution is -0.140. The van der Waals surface area contributed by atoms with Crippen molar-refractivity contribution in [3.05, 3.63) is 125 Å². The summed E-state index contributed by atoms with van der Waals surface area (Å²) in [5.41, 5.74) is 2.60. The van der Waals surface area contributed by atoms with Gasteiger partial charge in [-0.1, -0.05) is 72.3 Å². The maximum Gasteiger partial charge on any atom is 0.264 e. The molecule has 0 fully saturated rings. The number of anilines is 1. The molecular formula is C35H38ClN3O5S. The van der Waals surface area contributed by atoms with Gasteiger partial charge in [-0.05, 0) is 79.9 Å². The van der Waals surface area contributed by atoms with Crippen molar-refractivity contribution in [3.8, 4) is 5.75 Å². The summed E-state index contributed by atoms with van der Waals surface area (Å²) in [7, 11) is -2.67. The van der Waals surface area contributed by atoms with E-state index in [1.807, 2.05) is 56.3 Å². The maximum atomic E-state index is 14.5. The van der Waals surface area contributed by atoms with Gasteiger partial charge in [0.1, 0.15) is 18.3 Å². The number of sulfonamides is 1. The van der Waals surface area contributed by atoms with Gasteiger partial charge in [-0.15, -0.1) is 0 Å². The number of benzene rings is 4. The number of carbonyl (C=O) groups is 2. The van der Waals surface area contributed by atoms with Crippen LogP contribution >= 0.6 is 11.6 Å². The molecule has 0 saturated heterocycles. The van der Waals surface area contributed by atoms with Crippen LogP contribution in [0.4, 0.5) is 5.69 Å². The Morgan fingerprint density at radius 1 is 0.867 bits per heavy atom. The van der Waals surface area contributed by atoms with Crippen molar-refractivity contribution in [2.75, 3.05) is 18.0 Å². The number of aryl methyl sites for hydroxylation is 1. The third kappa shape index (κ3) is 8.65. The normalized spacial score (nSPS) is 12.0. The van der Waals surface area contributed by atoms with Gasteiger partial charge in [-0.25, -0.2) is 8.42 Å². The molecular weight excluding hydrogens is 610 g/mol. The first-order valence-electron chi connectivity index (χ1n) is 14.6. The van der Waals surface area contributed by atoms with Crippen LogP contribution in [0.1, 0.15) is 30.5 Å². The fourth-order valence-electron chi connectivity index (χ4n) is 4.99. The zero-order valence-corrected chi connectivity index (χ0v) is 27.4. The molecule has 0 heterocycles. The number of halogens is 1. The van der Waals surface area contributed by atoms with E-state index in [0.717, 1.165) is 15.4 Å². The highest BCUT2D eigenvalue weighted by Gasteiger charge is 2.35. The molecule has 4 aromatic rings. The van der Waals surface area contributed by atoms with Crippen molar-refractivity contribution in [2.24, 2.45) is 0 Å². The van der Waals surface area contributed by atoms with E-state index in [2.05, 4.69) is 5.32 Å². The molecule has 0 aliphatic carbocycles. The summed E-state index contributed by atoms with van der Waals surface area (Å²) in [5, 5.41) is 3.35. The van der Waals surface area contributed by atoms with E-state index in [-0.39, 0.29) is 29.8 Å². The number of amides is 2. The van der Waals surface area contributed by atoms with Gasteiger partial charge in [-0.3, -0.25) is 13.9 Å². The van der Waals surface area contributed by atoms with Gasteiger partial charge in [0.15, 0.2) is 0 Å². The minimum atomic E-state index is -4.22. The van der Waals surface area contributed by atoms with Gasteiger partial charge < -0.3 is 15.0 Å². The summed E-state index contributed by atoms with van der Waals surface area (Å²) in [6, 6.07) is 28.3. The van der Waals surface area contributed by atoms with Crippen LogP contribution < -0.4 is 14.4 Å². The standard InChI is InChI=1S/C35H38ClN3O5S/c1-25(2)37-35(41)33(22-27-12-6-5-7-13-27)38(23-28-14-10-15-30(21-28)44-4)34(40)24-39(32-16-9-8-11-26(32)3)45(42,43)31-19-17-29(36)18-20-31/h5-21,25,33H,22-24H2,1-4H3,(H,37,41). The van der Waals surface area contributed by atoms with E-state index < -0.39 is 28.5 Å². The van der Waals surface area contributed by atoms with Crippen LogP contribution in [-0.4, -0.2) is 50.9 Å². The highest BCUT2D eigenvalue weighted by atomic mass is 35.5. The van der Waals surface area contributed by atoms with Gasteiger partial charge >= 0.3 is 0 Å². The smallest absolute Gasteiger partial charge is 0.264 e. The summed E-state index contributed by atoms with van der Waals surface area (Å²) in [4.78, 5) is 29.8. The molecule has 4 rings (SSSR count). The molecule has 2 amide bonds. The molecule has 0 aliphatic rings. The van der Waals surface area contributed by atoms with Gasteiger partial charge in [-0.2, -0.15) is 0 Å². The van der Waals surface area contributed by atoms with Crippen molar-refractivity contribution in [1.82, 2.24) is 10.2 Å². The largest absolute Gasteiger partial charge is 0.497 e. The van der Waals surface area contributed by atoms with Gasteiger partial charge in [0, 0.05) is 24.0 Å². The lowest BCUT2D eigenvalue weighted by Crippen LogP contribution is -2.54. The molecule has 0 saturated carbocycles. The second-order valence-electron chi connectivity index (χ2n) is 11.0. The van der Waals surface area contributed by atoms with Crippen LogP contribution in [0.2, 0.25) is 5.02 Å². The Morgan fingerprint density at radius 3 is 2.16 bits per heavy atom. The molecule has 0 aromatic heterocycles. The van der Waals surface area contributed by atoms with Gasteiger partial charge in [0.25, 0.3) is 10.0 Å². The number of methoxy groups -OCH3 is 1. The predicted molar refractivity (Wildman–Crippen MR) is 178 cm³/mol. The third-order valence-corrected chi connectivity index (χ3v) is 9.28. The molecule has 0 spiro atoms. The molecule has 0 radical (unpaired) electrons. The number of hydrogen-bond acceptors (Lipinski definition) is 5. The predicted octanol–water partition coefficient (Wildman–Crippen LogP) is 6.02. The molecule has 236 valence electrons. The molecule has 1 atom stereocenters. The quantitative estimate of drug-likeness (QED) is 0.192. The Bertz CT molecular complexity index is 1710. The molecule has 8 nitrogen and oxygen atoms in total. The van der Waals surface area contributed by atoms with E-state index in [9.17, 15) is 18.0 Å². The maximum absolute atomic E-state index is 14.5. The zero-order valence-electron chi connectivity index (χ0n) is 25.8. The van der Waals surface area contributed by atoms with Crippen molar-refractivity contribution in [3.63, 3.8) is 0 Å². The van der Waals surface area contributed by atoms with Gasteiger partial charge in [0.05, 0.1) is 17.7 Å². The fraction of sp³-hybridized carbons (Fsp3) is 0.257. The first-order valence-corrected chi connectivity index (χ1v) is 16.4. The van der Waals surface area contributed by atoms with Gasteiger partial charge in [0.2, 0.25) is 11.8 Å². The van der Waals surface area contributed by atoms with Crippen LogP contribution in [-0.2, 0) is 32.6 Å². The molecule has 0 aliphatic heterocycles. The Kier molecular flexibility index (Phi) is 11.3. The van der Waals surface area contributed by atoms with Crippen LogP contribution in [0.3, 0.4) is 0 Å². The number of hydrogen-bond donors (Lipinski definition) is 1. The number of rotatable bonds is 13. The minimum absolute atomic E-state index is 0.0133. The monoisotopic (exact) mass is 647 g/mol.